The molecule has 0 saturated heterocycles. The van der Waals surface area contributed by atoms with Crippen LogP contribution in [0.15, 0.2) is 11.3 Å². The van der Waals surface area contributed by atoms with Crippen molar-refractivity contribution in [1.82, 2.24) is 5.32 Å². The van der Waals surface area contributed by atoms with Crippen LogP contribution < -0.4 is 5.32 Å². The molecule has 0 aromatic carbocycles. The number of nitrogens with one attached hydrogen (secondary N) is 1. The average Bonchev–Trinajstić information content (AvgIpc) is 2.17. The van der Waals surface area contributed by atoms with Crippen LogP contribution in [0.1, 0.15) is 20.3 Å². The monoisotopic (exact) mass is 174 g/mol. The first kappa shape index (κ1) is 11.0. The molecule has 0 aliphatic heterocycles. The summed E-state index contributed by atoms with van der Waals surface area (Å²) in [5.74, 6) is 0. The van der Waals surface area contributed by atoms with Gasteiger partial charge in [-0.15, -0.1) is 0 Å². The van der Waals surface area contributed by atoms with Gasteiger partial charge in [0, 0.05) is 6.04 Å². The van der Waals surface area contributed by atoms with E-state index in [4.69, 9.17) is 15.8 Å². The summed E-state index contributed by atoms with van der Waals surface area (Å²) < 4.78 is 0. The largest absolute Gasteiger partial charge is 0.372 e. The molecule has 13 heavy (non-hydrogen) atoms. The topological polar surface area (TPSA) is 83.4 Å². The predicted octanol–water partition coefficient (Wildman–Crippen LogP) is 1.20. The lowest BCUT2D eigenvalue weighted by Crippen LogP contribution is -2.24. The van der Waals surface area contributed by atoms with E-state index in [0.717, 1.165) is 6.42 Å². The van der Waals surface area contributed by atoms with Gasteiger partial charge >= 0.3 is 0 Å². The van der Waals surface area contributed by atoms with Gasteiger partial charge in [-0.2, -0.15) is 15.8 Å². The third-order valence-electron chi connectivity index (χ3n) is 1.59. The van der Waals surface area contributed by atoms with E-state index in [1.54, 1.807) is 18.2 Å². The van der Waals surface area contributed by atoms with E-state index in [1.807, 2.05) is 13.8 Å². The molecule has 0 spiro atoms. The molecule has 4 nitrogen and oxygen atoms in total. The van der Waals surface area contributed by atoms with Gasteiger partial charge in [-0.25, -0.2) is 0 Å². The first-order valence-corrected chi connectivity index (χ1v) is 3.90. The highest BCUT2D eigenvalue weighted by Gasteiger charge is 2.07. The molecule has 66 valence electrons. The Bertz CT molecular complexity index is 305. The number of hydrogen-bond acceptors (Lipinski definition) is 4. The minimum atomic E-state index is -0.164. The van der Waals surface area contributed by atoms with Crippen LogP contribution in [0, 0.1) is 34.0 Å². The van der Waals surface area contributed by atoms with Crippen molar-refractivity contribution in [3.05, 3.63) is 11.3 Å². The van der Waals surface area contributed by atoms with Gasteiger partial charge in [-0.1, -0.05) is 6.92 Å². The van der Waals surface area contributed by atoms with E-state index in [1.165, 1.54) is 0 Å². The lowest BCUT2D eigenvalue weighted by atomic mass is 10.2. The van der Waals surface area contributed by atoms with Crippen LogP contribution in [0.25, 0.3) is 0 Å². The van der Waals surface area contributed by atoms with Gasteiger partial charge in [-0.05, 0) is 13.3 Å². The highest BCUT2D eigenvalue weighted by molar-refractivity contribution is 5.45. The lowest BCUT2D eigenvalue weighted by Gasteiger charge is -2.10. The molecule has 0 aromatic heterocycles. The number of nitrogens with zero attached hydrogens (tertiary/aromatic N) is 3. The molecule has 0 bridgehead atoms. The highest BCUT2D eigenvalue weighted by atomic mass is 14.9. The second kappa shape index (κ2) is 5.63. The Morgan fingerprint density at radius 3 is 2.08 bits per heavy atom. The van der Waals surface area contributed by atoms with Crippen LogP contribution in [-0.2, 0) is 0 Å². The molecule has 1 atom stereocenters. The summed E-state index contributed by atoms with van der Waals surface area (Å²) in [6, 6.07) is 5.21. The molecule has 0 aromatic rings. The maximum Gasteiger partial charge on any atom is 0.163 e. The molecule has 0 fully saturated rings. The smallest absolute Gasteiger partial charge is 0.163 e. The molecule has 0 amide bonds. The summed E-state index contributed by atoms with van der Waals surface area (Å²) in [7, 11) is 0. The standard InChI is InChI=1S/C9H10N4/c1-3-7(2)13-9(6-12)8(4-10)5-11/h7,13H,3H2,1-2H3. The molecule has 4 heteroatoms. The van der Waals surface area contributed by atoms with Crippen molar-refractivity contribution in [2.24, 2.45) is 0 Å². The quantitative estimate of drug-likeness (QED) is 0.651. The molecule has 1 N–H and O–H groups in total. The van der Waals surface area contributed by atoms with Gasteiger partial charge in [0.05, 0.1) is 0 Å². The second-order valence-corrected chi connectivity index (χ2v) is 2.54. The van der Waals surface area contributed by atoms with Crippen molar-refractivity contribution in [1.29, 1.82) is 15.8 Å². The zero-order valence-electron chi connectivity index (χ0n) is 7.63. The molecule has 0 rings (SSSR count). The predicted molar refractivity (Wildman–Crippen MR) is 46.8 cm³/mol. The first-order valence-electron chi connectivity index (χ1n) is 3.90. The van der Waals surface area contributed by atoms with Crippen molar-refractivity contribution in [2.45, 2.75) is 26.3 Å². The zero-order chi connectivity index (χ0) is 10.3. The molecule has 1 unspecified atom stereocenters. The van der Waals surface area contributed by atoms with Gasteiger partial charge in [0.1, 0.15) is 23.9 Å². The minimum absolute atomic E-state index is 0.0550. The fraction of sp³-hybridized carbons (Fsp3) is 0.444. The summed E-state index contributed by atoms with van der Waals surface area (Å²) in [5, 5.41) is 28.4. The fourth-order valence-corrected chi connectivity index (χ4v) is 0.646. The summed E-state index contributed by atoms with van der Waals surface area (Å²) in [6.07, 6.45) is 0.829. The Morgan fingerprint density at radius 1 is 1.23 bits per heavy atom. The molecular formula is C9H10N4. The van der Waals surface area contributed by atoms with Crippen LogP contribution in [0.3, 0.4) is 0 Å². The summed E-state index contributed by atoms with van der Waals surface area (Å²) >= 11 is 0. The Kier molecular flexibility index (Phi) is 4.77. The second-order valence-electron chi connectivity index (χ2n) is 2.54. The van der Waals surface area contributed by atoms with Crippen molar-refractivity contribution in [3.63, 3.8) is 0 Å². The SMILES string of the molecule is CCC(C)NC(C#N)=C(C#N)C#N. The maximum absolute atomic E-state index is 8.63. The zero-order valence-corrected chi connectivity index (χ0v) is 7.63. The maximum atomic E-state index is 8.63. The Hall–Kier alpha value is -1.99. The first-order chi connectivity index (χ1) is 6.19. The molecule has 0 aliphatic rings. The highest BCUT2D eigenvalue weighted by Crippen LogP contribution is 2.00. The fourth-order valence-electron chi connectivity index (χ4n) is 0.646. The number of hydrogen-bond donors (Lipinski definition) is 1. The van der Waals surface area contributed by atoms with Crippen LogP contribution in [0.2, 0.25) is 0 Å². The Labute approximate surface area is 77.7 Å². The summed E-state index contributed by atoms with van der Waals surface area (Å²) in [6.45, 7) is 3.83. The lowest BCUT2D eigenvalue weighted by molar-refractivity contribution is 0.604. The third-order valence-corrected chi connectivity index (χ3v) is 1.59. The molecule has 0 heterocycles. The van der Waals surface area contributed by atoms with Crippen molar-refractivity contribution in [3.8, 4) is 18.2 Å². The molecule has 0 saturated carbocycles. The molecule has 0 aliphatic carbocycles. The van der Waals surface area contributed by atoms with E-state index in [2.05, 4.69) is 5.32 Å². The van der Waals surface area contributed by atoms with Gasteiger partial charge in [0.2, 0.25) is 0 Å². The number of rotatable bonds is 3. The molecule has 0 radical (unpaired) electrons. The van der Waals surface area contributed by atoms with Gasteiger partial charge in [0.15, 0.2) is 5.57 Å². The average molecular weight is 174 g/mol. The number of nitriles is 3. The van der Waals surface area contributed by atoms with Crippen LogP contribution in [0.5, 0.6) is 0 Å². The van der Waals surface area contributed by atoms with Crippen molar-refractivity contribution >= 4 is 0 Å². The van der Waals surface area contributed by atoms with Crippen molar-refractivity contribution < 1.29 is 0 Å². The Morgan fingerprint density at radius 2 is 1.77 bits per heavy atom. The Balaban J connectivity index is 4.75. The van der Waals surface area contributed by atoms with Gasteiger partial charge < -0.3 is 5.32 Å². The van der Waals surface area contributed by atoms with E-state index in [9.17, 15) is 0 Å². The van der Waals surface area contributed by atoms with E-state index < -0.39 is 0 Å². The summed E-state index contributed by atoms with van der Waals surface area (Å²) in [5.41, 5.74) is -0.109. The van der Waals surface area contributed by atoms with E-state index in [-0.39, 0.29) is 17.3 Å². The normalized spacial score (nSPS) is 10.1. The van der Waals surface area contributed by atoms with Crippen molar-refractivity contribution in [2.75, 3.05) is 0 Å². The van der Waals surface area contributed by atoms with Gasteiger partial charge in [0.25, 0.3) is 0 Å². The third kappa shape index (κ3) is 3.27. The van der Waals surface area contributed by atoms with E-state index >= 15 is 0 Å². The number of allylic oxidation sites excluding steroid dienone is 2. The van der Waals surface area contributed by atoms with Crippen LogP contribution >= 0.6 is 0 Å². The van der Waals surface area contributed by atoms with Crippen LogP contribution in [-0.4, -0.2) is 6.04 Å². The summed E-state index contributed by atoms with van der Waals surface area (Å²) in [4.78, 5) is 0. The van der Waals surface area contributed by atoms with Crippen LogP contribution in [0.4, 0.5) is 0 Å². The van der Waals surface area contributed by atoms with E-state index in [0.29, 0.717) is 0 Å². The minimum Gasteiger partial charge on any atom is -0.372 e. The van der Waals surface area contributed by atoms with Gasteiger partial charge in [-0.3, -0.25) is 0 Å². The molecular weight excluding hydrogens is 164 g/mol.